The van der Waals surface area contributed by atoms with Gasteiger partial charge in [0.1, 0.15) is 16.4 Å². The van der Waals surface area contributed by atoms with Gasteiger partial charge < -0.3 is 13.9 Å². The lowest BCUT2D eigenvalue weighted by molar-refractivity contribution is 0.392. The van der Waals surface area contributed by atoms with Crippen LogP contribution in [0.1, 0.15) is 0 Å². The number of sulfonamides is 1. The molecule has 0 aliphatic rings. The van der Waals surface area contributed by atoms with E-state index in [-0.39, 0.29) is 26.9 Å². The molecule has 3 rings (SSSR count). The molecule has 0 amide bonds. The molecule has 0 radical (unpaired) electrons. The molecule has 0 unspecified atom stereocenters. The topological polar surface area (TPSA) is 94.8 Å². The number of fused-ring (bicyclic) bond motifs is 1. The number of hydrogen-bond donors (Lipinski definition) is 1. The summed E-state index contributed by atoms with van der Waals surface area (Å²) in [5, 5.41) is 0.131. The number of benzene rings is 2. The van der Waals surface area contributed by atoms with Crippen LogP contribution >= 0.6 is 22.9 Å². The van der Waals surface area contributed by atoms with Crippen molar-refractivity contribution in [2.24, 2.45) is 0 Å². The van der Waals surface area contributed by atoms with Gasteiger partial charge in [0.25, 0.3) is 10.0 Å². The lowest BCUT2D eigenvalue weighted by Gasteiger charge is -2.13. The Morgan fingerprint density at radius 1 is 1.16 bits per heavy atom. The van der Waals surface area contributed by atoms with Crippen molar-refractivity contribution in [2.75, 3.05) is 18.9 Å². The van der Waals surface area contributed by atoms with Gasteiger partial charge in [0.05, 0.1) is 29.6 Å². The molecule has 1 aromatic heterocycles. The Kier molecular flexibility index (Phi) is 4.63. The van der Waals surface area contributed by atoms with Crippen LogP contribution in [-0.4, -0.2) is 22.6 Å². The molecule has 25 heavy (non-hydrogen) atoms. The molecular weight excluding hydrogens is 390 g/mol. The summed E-state index contributed by atoms with van der Waals surface area (Å²) in [4.78, 5) is 10.7. The summed E-state index contributed by atoms with van der Waals surface area (Å²) in [6.45, 7) is 0. The van der Waals surface area contributed by atoms with Crippen molar-refractivity contribution in [2.45, 2.75) is 4.90 Å². The Morgan fingerprint density at radius 2 is 1.92 bits per heavy atom. The number of hydrogen-bond acceptors (Lipinski definition) is 7. The summed E-state index contributed by atoms with van der Waals surface area (Å²) in [5.41, 5.74) is 0.415. The molecule has 0 saturated heterocycles. The number of ether oxygens (including phenoxy) is 2. The van der Waals surface area contributed by atoms with Gasteiger partial charge in [-0.3, -0.25) is 4.72 Å². The largest absolute Gasteiger partial charge is 0.497 e. The molecule has 0 atom stereocenters. The van der Waals surface area contributed by atoms with Gasteiger partial charge in [0.2, 0.25) is 0 Å². The fourth-order valence-corrected chi connectivity index (χ4v) is 4.47. The second kappa shape index (κ2) is 6.58. The number of rotatable bonds is 5. The maximum Gasteiger partial charge on any atom is 0.396 e. The Morgan fingerprint density at radius 3 is 2.60 bits per heavy atom. The van der Waals surface area contributed by atoms with Gasteiger partial charge in [-0.05, 0) is 24.3 Å². The smallest absolute Gasteiger partial charge is 0.396 e. The van der Waals surface area contributed by atoms with Crippen LogP contribution in [0.25, 0.3) is 10.3 Å². The molecule has 0 bridgehead atoms. The molecular formula is C15H12ClNO6S2. The van der Waals surface area contributed by atoms with E-state index < -0.39 is 15.0 Å². The maximum atomic E-state index is 12.7. The normalized spacial score (nSPS) is 11.5. The van der Waals surface area contributed by atoms with E-state index in [0.29, 0.717) is 10.4 Å². The SMILES string of the molecule is COc1ccc(OC)c(S(=O)(=O)Nc2cc(Cl)c3oc(=O)sc3c2)c1. The van der Waals surface area contributed by atoms with E-state index >= 15 is 0 Å². The molecule has 10 heteroatoms. The number of methoxy groups -OCH3 is 2. The van der Waals surface area contributed by atoms with Crippen LogP contribution in [0, 0.1) is 0 Å². The minimum atomic E-state index is -3.99. The number of anilines is 1. The number of nitrogens with one attached hydrogen (secondary N) is 1. The highest BCUT2D eigenvalue weighted by Gasteiger charge is 2.22. The predicted molar refractivity (Wildman–Crippen MR) is 95.7 cm³/mol. The summed E-state index contributed by atoms with van der Waals surface area (Å²) in [6, 6.07) is 7.26. The first kappa shape index (κ1) is 17.6. The fraction of sp³-hybridized carbons (Fsp3) is 0.133. The van der Waals surface area contributed by atoms with Crippen molar-refractivity contribution in [3.8, 4) is 11.5 Å². The van der Waals surface area contributed by atoms with Gasteiger partial charge >= 0.3 is 4.94 Å². The monoisotopic (exact) mass is 401 g/mol. The second-order valence-corrected chi connectivity index (χ2v) is 7.90. The summed E-state index contributed by atoms with van der Waals surface area (Å²) in [5.74, 6) is 0.524. The third kappa shape index (κ3) is 3.44. The van der Waals surface area contributed by atoms with Gasteiger partial charge in [-0.1, -0.05) is 22.9 Å². The third-order valence-corrected chi connectivity index (χ3v) is 5.76. The van der Waals surface area contributed by atoms with Crippen molar-refractivity contribution in [1.82, 2.24) is 0 Å². The zero-order valence-corrected chi connectivity index (χ0v) is 15.4. The van der Waals surface area contributed by atoms with Crippen molar-refractivity contribution in [1.29, 1.82) is 0 Å². The van der Waals surface area contributed by atoms with Crippen LogP contribution in [0.15, 0.2) is 44.4 Å². The van der Waals surface area contributed by atoms with Crippen LogP contribution < -0.4 is 19.1 Å². The lowest BCUT2D eigenvalue weighted by atomic mass is 10.3. The minimum Gasteiger partial charge on any atom is -0.497 e. The van der Waals surface area contributed by atoms with Gasteiger partial charge in [-0.15, -0.1) is 0 Å². The molecule has 3 aromatic rings. The van der Waals surface area contributed by atoms with E-state index in [1.165, 1.54) is 38.5 Å². The van der Waals surface area contributed by atoms with Crippen LogP contribution in [0.3, 0.4) is 0 Å². The van der Waals surface area contributed by atoms with E-state index in [1.54, 1.807) is 6.07 Å². The molecule has 0 aliphatic carbocycles. The lowest BCUT2D eigenvalue weighted by Crippen LogP contribution is -2.14. The summed E-state index contributed by atoms with van der Waals surface area (Å²) >= 11 is 6.88. The van der Waals surface area contributed by atoms with Crippen LogP contribution in [0.2, 0.25) is 5.02 Å². The Bertz CT molecular complexity index is 1100. The number of halogens is 1. The Hall–Kier alpha value is -2.23. The third-order valence-electron chi connectivity index (χ3n) is 3.30. The molecule has 132 valence electrons. The van der Waals surface area contributed by atoms with Crippen LogP contribution in [0.5, 0.6) is 11.5 Å². The first-order valence-electron chi connectivity index (χ1n) is 6.82. The Balaban J connectivity index is 2.06. The second-order valence-electron chi connectivity index (χ2n) is 4.86. The molecule has 1 N–H and O–H groups in total. The van der Waals surface area contributed by atoms with Gasteiger partial charge in [-0.2, -0.15) is 0 Å². The zero-order valence-electron chi connectivity index (χ0n) is 13.0. The summed E-state index contributed by atoms with van der Waals surface area (Å²) in [7, 11) is -1.19. The highest BCUT2D eigenvalue weighted by molar-refractivity contribution is 7.92. The van der Waals surface area contributed by atoms with Crippen LogP contribution in [0.4, 0.5) is 5.69 Å². The van der Waals surface area contributed by atoms with Crippen molar-refractivity contribution in [3.05, 3.63) is 45.1 Å². The Labute approximate surface area is 151 Å². The van der Waals surface area contributed by atoms with Crippen molar-refractivity contribution >= 4 is 48.9 Å². The predicted octanol–water partition coefficient (Wildman–Crippen LogP) is 3.33. The molecule has 1 heterocycles. The molecule has 7 nitrogen and oxygen atoms in total. The first-order chi connectivity index (χ1) is 11.8. The van der Waals surface area contributed by atoms with Gasteiger partial charge in [0.15, 0.2) is 5.58 Å². The first-order valence-corrected chi connectivity index (χ1v) is 9.50. The summed E-state index contributed by atoms with van der Waals surface area (Å²) in [6.07, 6.45) is 0. The summed E-state index contributed by atoms with van der Waals surface area (Å²) < 4.78 is 43.4. The van der Waals surface area contributed by atoms with E-state index in [2.05, 4.69) is 4.72 Å². The van der Waals surface area contributed by atoms with Crippen molar-refractivity contribution in [3.63, 3.8) is 0 Å². The standard InChI is InChI=1S/C15H12ClNO6S2/c1-21-9-3-4-11(22-2)13(7-9)25(19,20)17-8-5-10(16)14-12(6-8)24-15(18)23-14/h3-7,17H,1-2H3. The molecule has 0 fully saturated rings. The van der Waals surface area contributed by atoms with E-state index in [9.17, 15) is 13.2 Å². The average molecular weight is 402 g/mol. The van der Waals surface area contributed by atoms with E-state index in [0.717, 1.165) is 11.3 Å². The molecule has 0 saturated carbocycles. The van der Waals surface area contributed by atoms with Crippen molar-refractivity contribution < 1.29 is 22.3 Å². The quantitative estimate of drug-likeness (QED) is 0.704. The highest BCUT2D eigenvalue weighted by atomic mass is 35.5. The van der Waals surface area contributed by atoms with E-state index in [1.807, 2.05) is 0 Å². The van der Waals surface area contributed by atoms with Gasteiger partial charge in [-0.25, -0.2) is 13.2 Å². The van der Waals surface area contributed by atoms with E-state index in [4.69, 9.17) is 25.5 Å². The highest BCUT2D eigenvalue weighted by Crippen LogP contribution is 2.33. The molecule has 2 aromatic carbocycles. The fourth-order valence-electron chi connectivity index (χ4n) is 2.20. The zero-order chi connectivity index (χ0) is 18.2. The van der Waals surface area contributed by atoms with Gasteiger partial charge in [0, 0.05) is 6.07 Å². The molecule has 0 spiro atoms. The minimum absolute atomic E-state index is 0.0917. The average Bonchev–Trinajstić information content (AvgIpc) is 2.94. The molecule has 0 aliphatic heterocycles. The van der Waals surface area contributed by atoms with Crippen LogP contribution in [-0.2, 0) is 10.0 Å². The maximum absolute atomic E-state index is 12.7.